The number of anilines is 1. The molecule has 0 heterocycles. The summed E-state index contributed by atoms with van der Waals surface area (Å²) in [5.41, 5.74) is 0.950. The van der Waals surface area contributed by atoms with Crippen LogP contribution in [0.1, 0.15) is 5.56 Å². The van der Waals surface area contributed by atoms with E-state index in [4.69, 9.17) is 16.9 Å². The van der Waals surface area contributed by atoms with Gasteiger partial charge in [0.05, 0.1) is 22.4 Å². The Balaban J connectivity index is 2.01. The first-order valence-corrected chi connectivity index (χ1v) is 7.72. The first-order chi connectivity index (χ1) is 10.1. The first kappa shape index (κ1) is 15.2. The van der Waals surface area contributed by atoms with Crippen molar-refractivity contribution in [3.8, 4) is 6.07 Å². The lowest BCUT2D eigenvalue weighted by Gasteiger charge is -2.06. The summed E-state index contributed by atoms with van der Waals surface area (Å²) >= 11 is 5.82. The van der Waals surface area contributed by atoms with Crippen molar-refractivity contribution in [3.05, 3.63) is 59.1 Å². The van der Waals surface area contributed by atoms with E-state index < -0.39 is 10.8 Å². The Morgan fingerprint density at radius 1 is 1.24 bits per heavy atom. The largest absolute Gasteiger partial charge is 0.325 e. The lowest BCUT2D eigenvalue weighted by Crippen LogP contribution is -2.19. The van der Waals surface area contributed by atoms with Crippen LogP contribution in [0.2, 0.25) is 5.02 Å². The maximum Gasteiger partial charge on any atom is 0.237 e. The van der Waals surface area contributed by atoms with Crippen molar-refractivity contribution in [2.45, 2.75) is 4.90 Å². The van der Waals surface area contributed by atoms with Gasteiger partial charge in [-0.25, -0.2) is 0 Å². The normalized spacial score (nSPS) is 11.4. The zero-order chi connectivity index (χ0) is 15.2. The molecule has 0 saturated heterocycles. The van der Waals surface area contributed by atoms with Gasteiger partial charge in [-0.15, -0.1) is 0 Å². The van der Waals surface area contributed by atoms with Crippen molar-refractivity contribution >= 4 is 34.0 Å². The highest BCUT2D eigenvalue weighted by molar-refractivity contribution is 7.85. The van der Waals surface area contributed by atoms with Crippen molar-refractivity contribution in [3.63, 3.8) is 0 Å². The van der Waals surface area contributed by atoms with Crippen molar-refractivity contribution in [1.29, 1.82) is 5.26 Å². The smallest absolute Gasteiger partial charge is 0.237 e. The highest BCUT2D eigenvalue weighted by Crippen LogP contribution is 2.15. The number of nitrogens with one attached hydrogen (secondary N) is 1. The first-order valence-electron chi connectivity index (χ1n) is 6.02. The number of halogens is 1. The van der Waals surface area contributed by atoms with Crippen LogP contribution in [-0.2, 0) is 15.6 Å². The van der Waals surface area contributed by atoms with E-state index in [2.05, 4.69) is 5.32 Å². The fourth-order valence-electron chi connectivity index (χ4n) is 1.67. The molecule has 0 spiro atoms. The molecule has 0 bridgehead atoms. The quantitative estimate of drug-likeness (QED) is 0.942. The average molecular weight is 319 g/mol. The van der Waals surface area contributed by atoms with Crippen molar-refractivity contribution < 1.29 is 9.00 Å². The standard InChI is InChI=1S/C15H11ClN2O2S/c16-12-4-2-6-14(8-12)21(20)10-15(19)18-13-5-1-3-11(7-13)9-17/h1-8H,10H2,(H,18,19). The molecule has 2 aromatic carbocycles. The molecule has 0 aliphatic carbocycles. The van der Waals surface area contributed by atoms with Gasteiger partial charge < -0.3 is 5.32 Å². The summed E-state index contributed by atoms with van der Waals surface area (Å²) < 4.78 is 12.1. The highest BCUT2D eigenvalue weighted by Gasteiger charge is 2.11. The Morgan fingerprint density at radius 3 is 2.71 bits per heavy atom. The van der Waals surface area contributed by atoms with Crippen LogP contribution in [0.15, 0.2) is 53.4 Å². The predicted octanol–water partition coefficient (Wildman–Crippen LogP) is 2.96. The second-order valence-electron chi connectivity index (χ2n) is 4.19. The molecule has 0 radical (unpaired) electrons. The van der Waals surface area contributed by atoms with Crippen LogP contribution in [0.4, 0.5) is 5.69 Å². The van der Waals surface area contributed by atoms with Gasteiger partial charge in [0.2, 0.25) is 5.91 Å². The van der Waals surface area contributed by atoms with Crippen LogP contribution in [-0.4, -0.2) is 15.9 Å². The molecule has 1 unspecified atom stereocenters. The molecule has 4 nitrogen and oxygen atoms in total. The third kappa shape index (κ3) is 4.42. The molecule has 2 aromatic rings. The number of benzene rings is 2. The minimum absolute atomic E-state index is 0.170. The molecule has 0 aromatic heterocycles. The maximum absolute atomic E-state index is 12.1. The van der Waals surface area contributed by atoms with E-state index in [-0.39, 0.29) is 11.7 Å². The molecular formula is C15H11ClN2O2S. The Hall–Kier alpha value is -2.16. The summed E-state index contributed by atoms with van der Waals surface area (Å²) in [4.78, 5) is 12.4. The molecule has 1 N–H and O–H groups in total. The number of hydrogen-bond donors (Lipinski definition) is 1. The van der Waals surface area contributed by atoms with E-state index in [0.717, 1.165) is 0 Å². The van der Waals surface area contributed by atoms with Crippen molar-refractivity contribution in [2.75, 3.05) is 11.1 Å². The second kappa shape index (κ2) is 7.02. The van der Waals surface area contributed by atoms with Crippen LogP contribution in [0.25, 0.3) is 0 Å². The molecule has 1 atom stereocenters. The van der Waals surface area contributed by atoms with E-state index in [1.807, 2.05) is 6.07 Å². The molecule has 0 aliphatic heterocycles. The molecular weight excluding hydrogens is 308 g/mol. The van der Waals surface area contributed by atoms with Crippen LogP contribution >= 0.6 is 11.6 Å². The molecule has 106 valence electrons. The van der Waals surface area contributed by atoms with Crippen LogP contribution < -0.4 is 5.32 Å². The third-order valence-electron chi connectivity index (χ3n) is 2.60. The van der Waals surface area contributed by atoms with Gasteiger partial charge in [0.25, 0.3) is 0 Å². The number of nitrogens with zero attached hydrogens (tertiary/aromatic N) is 1. The van der Waals surface area contributed by atoms with Gasteiger partial charge in [0, 0.05) is 15.6 Å². The topological polar surface area (TPSA) is 70.0 Å². The van der Waals surface area contributed by atoms with E-state index in [1.165, 1.54) is 0 Å². The summed E-state index contributed by atoms with van der Waals surface area (Å²) in [5.74, 6) is -0.555. The fraction of sp³-hybridized carbons (Fsp3) is 0.0667. The molecule has 0 aliphatic rings. The van der Waals surface area contributed by atoms with Crippen LogP contribution in [0, 0.1) is 11.3 Å². The number of amides is 1. The minimum atomic E-state index is -1.47. The molecule has 0 saturated carbocycles. The summed E-state index contributed by atoms with van der Waals surface area (Å²) in [6, 6.07) is 15.1. The highest BCUT2D eigenvalue weighted by atomic mass is 35.5. The van der Waals surface area contributed by atoms with Gasteiger partial charge in [-0.3, -0.25) is 9.00 Å². The van der Waals surface area contributed by atoms with Gasteiger partial charge in [-0.1, -0.05) is 23.7 Å². The lowest BCUT2D eigenvalue weighted by atomic mass is 10.2. The average Bonchev–Trinajstić information content (AvgIpc) is 2.47. The van der Waals surface area contributed by atoms with Crippen LogP contribution in [0.3, 0.4) is 0 Å². The van der Waals surface area contributed by atoms with Crippen molar-refractivity contribution in [1.82, 2.24) is 0 Å². The van der Waals surface area contributed by atoms with Gasteiger partial charge in [-0.2, -0.15) is 5.26 Å². The predicted molar refractivity (Wildman–Crippen MR) is 82.5 cm³/mol. The molecule has 2 rings (SSSR count). The van der Waals surface area contributed by atoms with Gasteiger partial charge in [0.1, 0.15) is 5.75 Å². The number of carbonyl (C=O) groups excluding carboxylic acids is 1. The Labute approximate surface area is 129 Å². The zero-order valence-electron chi connectivity index (χ0n) is 10.9. The van der Waals surface area contributed by atoms with E-state index in [9.17, 15) is 9.00 Å². The number of hydrogen-bond acceptors (Lipinski definition) is 3. The summed E-state index contributed by atoms with van der Waals surface area (Å²) in [5, 5.41) is 11.9. The number of carbonyl (C=O) groups is 1. The third-order valence-corrected chi connectivity index (χ3v) is 4.14. The fourth-order valence-corrected chi connectivity index (χ4v) is 2.90. The number of rotatable bonds is 4. The van der Waals surface area contributed by atoms with Gasteiger partial charge in [0.15, 0.2) is 0 Å². The van der Waals surface area contributed by atoms with E-state index in [0.29, 0.717) is 21.2 Å². The van der Waals surface area contributed by atoms with Gasteiger partial charge in [-0.05, 0) is 36.4 Å². The molecule has 1 amide bonds. The van der Waals surface area contributed by atoms with E-state index >= 15 is 0 Å². The Kier molecular flexibility index (Phi) is 5.09. The molecule has 21 heavy (non-hydrogen) atoms. The zero-order valence-corrected chi connectivity index (χ0v) is 12.4. The SMILES string of the molecule is N#Cc1cccc(NC(=O)CS(=O)c2cccc(Cl)c2)c1. The molecule has 0 fully saturated rings. The maximum atomic E-state index is 12.1. The monoisotopic (exact) mass is 318 g/mol. The molecule has 6 heteroatoms. The van der Waals surface area contributed by atoms with E-state index in [1.54, 1.807) is 48.5 Å². The Morgan fingerprint density at radius 2 is 2.00 bits per heavy atom. The minimum Gasteiger partial charge on any atom is -0.325 e. The summed E-state index contributed by atoms with van der Waals surface area (Å²) in [6.07, 6.45) is 0. The summed E-state index contributed by atoms with van der Waals surface area (Å²) in [6.45, 7) is 0. The van der Waals surface area contributed by atoms with Crippen LogP contribution in [0.5, 0.6) is 0 Å². The van der Waals surface area contributed by atoms with Crippen molar-refractivity contribution in [2.24, 2.45) is 0 Å². The Bertz CT molecular complexity index is 740. The number of nitriles is 1. The van der Waals surface area contributed by atoms with Gasteiger partial charge >= 0.3 is 0 Å². The second-order valence-corrected chi connectivity index (χ2v) is 6.08. The lowest BCUT2D eigenvalue weighted by molar-refractivity contribution is -0.113. The summed E-state index contributed by atoms with van der Waals surface area (Å²) in [7, 11) is -1.47.